The van der Waals surface area contributed by atoms with Crippen LogP contribution >= 0.6 is 0 Å². The molecule has 2 aliphatic rings. The molecule has 1 aromatic heterocycles. The number of rotatable bonds is 7. The normalized spacial score (nSPS) is 32.9. The third-order valence-corrected chi connectivity index (χ3v) is 7.40. The highest BCUT2D eigenvalue weighted by Crippen LogP contribution is 2.35. The lowest BCUT2D eigenvalue weighted by Gasteiger charge is -2.42. The molecule has 15 nitrogen and oxygen atoms in total. The average molecular weight is 609 g/mol. The van der Waals surface area contributed by atoms with E-state index in [1.54, 1.807) is 0 Å². The zero-order valence-electron chi connectivity index (χ0n) is 22.9. The number of hydrogen-bond donors (Lipinski definition) is 8. The summed E-state index contributed by atoms with van der Waals surface area (Å²) in [6.45, 7) is 0.955. The van der Waals surface area contributed by atoms with Gasteiger partial charge >= 0.3 is 0 Å². The highest BCUT2D eigenvalue weighted by molar-refractivity contribution is 5.86. The van der Waals surface area contributed by atoms with Gasteiger partial charge in [0, 0.05) is 23.8 Å². The maximum atomic E-state index is 12.8. The van der Waals surface area contributed by atoms with E-state index in [2.05, 4.69) is 0 Å². The van der Waals surface area contributed by atoms with Gasteiger partial charge < -0.3 is 69.0 Å². The molecule has 43 heavy (non-hydrogen) atoms. The molecule has 0 saturated carbocycles. The molecule has 2 aliphatic heterocycles. The van der Waals surface area contributed by atoms with Gasteiger partial charge in [0.2, 0.25) is 6.29 Å². The van der Waals surface area contributed by atoms with Crippen LogP contribution in [-0.2, 0) is 14.2 Å². The third kappa shape index (κ3) is 5.99. The van der Waals surface area contributed by atoms with Gasteiger partial charge in [0.05, 0.1) is 19.8 Å². The van der Waals surface area contributed by atoms with Crippen LogP contribution in [0.2, 0.25) is 0 Å². The van der Waals surface area contributed by atoms with E-state index in [1.165, 1.54) is 38.3 Å². The minimum atomic E-state index is -1.78. The van der Waals surface area contributed by atoms with E-state index in [0.29, 0.717) is 5.56 Å². The predicted octanol–water partition coefficient (Wildman–Crippen LogP) is -1.09. The molecule has 2 aromatic carbocycles. The summed E-state index contributed by atoms with van der Waals surface area (Å²) >= 11 is 0. The molecule has 0 spiro atoms. The first-order chi connectivity index (χ1) is 20.4. The van der Waals surface area contributed by atoms with E-state index in [1.807, 2.05) is 0 Å². The third-order valence-electron chi connectivity index (χ3n) is 7.40. The summed E-state index contributed by atoms with van der Waals surface area (Å²) in [6, 6.07) is 7.76. The average Bonchev–Trinajstić information content (AvgIpc) is 2.97. The summed E-state index contributed by atoms with van der Waals surface area (Å²) in [5.74, 6) is -0.567. The standard InChI is InChI=1S/C28H32O15/c1-10-21(32)23(34)25(36)27(40-10)39-9-19-22(33)24(35)26(37)28(43-19)41-12-6-14(30)20-15(31)8-16(42-18(20)7-12)11-3-4-13(29)17(5-11)38-2/h3-8,10,19,21-30,32-37H,9H2,1-2H3. The fourth-order valence-electron chi connectivity index (χ4n) is 4.91. The summed E-state index contributed by atoms with van der Waals surface area (Å²) < 4.78 is 33.0. The molecule has 5 rings (SSSR count). The van der Waals surface area contributed by atoms with Gasteiger partial charge in [-0.25, -0.2) is 0 Å². The van der Waals surface area contributed by atoms with Crippen LogP contribution in [0.3, 0.4) is 0 Å². The Balaban J connectivity index is 1.37. The fourth-order valence-corrected chi connectivity index (χ4v) is 4.91. The van der Waals surface area contributed by atoms with Gasteiger partial charge in [-0.1, -0.05) is 0 Å². The number of phenols is 2. The Labute approximate surface area is 243 Å². The van der Waals surface area contributed by atoms with Gasteiger partial charge in [0.25, 0.3) is 0 Å². The van der Waals surface area contributed by atoms with Crippen LogP contribution in [0.1, 0.15) is 6.92 Å². The number of fused-ring (bicyclic) bond motifs is 1. The molecule has 2 fully saturated rings. The summed E-state index contributed by atoms with van der Waals surface area (Å²) in [5, 5.41) is 81.8. The Hall–Kier alpha value is -3.51. The summed E-state index contributed by atoms with van der Waals surface area (Å²) in [4.78, 5) is 12.8. The van der Waals surface area contributed by atoms with Crippen LogP contribution in [-0.4, -0.2) is 116 Å². The van der Waals surface area contributed by atoms with Crippen molar-refractivity contribution < 1.29 is 69.0 Å². The second-order valence-corrected chi connectivity index (χ2v) is 10.3. The quantitative estimate of drug-likeness (QED) is 0.159. The van der Waals surface area contributed by atoms with Gasteiger partial charge in [0.1, 0.15) is 71.0 Å². The van der Waals surface area contributed by atoms with Crippen LogP contribution in [0.25, 0.3) is 22.3 Å². The monoisotopic (exact) mass is 608 g/mol. The molecule has 2 saturated heterocycles. The van der Waals surface area contributed by atoms with E-state index in [9.17, 15) is 45.6 Å². The maximum Gasteiger partial charge on any atom is 0.229 e. The number of aliphatic hydroxyl groups excluding tert-OH is 6. The SMILES string of the molecule is COc1cc(-c2cc(=O)c3c(O)cc(OC4OC(COC5OC(C)C(O)C(O)C5O)C(O)C(O)C4O)cc3o2)ccc1O. The van der Waals surface area contributed by atoms with Crippen LogP contribution in [0.5, 0.6) is 23.0 Å². The number of hydrogen-bond acceptors (Lipinski definition) is 15. The first-order valence-electron chi connectivity index (χ1n) is 13.3. The molecule has 3 aromatic rings. The molecule has 0 radical (unpaired) electrons. The smallest absolute Gasteiger partial charge is 0.229 e. The Morgan fingerprint density at radius 2 is 1.49 bits per heavy atom. The number of methoxy groups -OCH3 is 1. The zero-order valence-corrected chi connectivity index (χ0v) is 22.9. The van der Waals surface area contributed by atoms with Crippen molar-refractivity contribution in [2.45, 2.75) is 68.3 Å². The summed E-state index contributed by atoms with van der Waals surface area (Å²) in [6.07, 6.45) is -15.0. The van der Waals surface area contributed by atoms with Gasteiger partial charge in [-0.15, -0.1) is 0 Å². The minimum absolute atomic E-state index is 0.0798. The Morgan fingerprint density at radius 3 is 2.21 bits per heavy atom. The molecule has 0 bridgehead atoms. The lowest BCUT2D eigenvalue weighted by Crippen LogP contribution is -2.61. The molecule has 8 N–H and O–H groups in total. The van der Waals surface area contributed by atoms with Crippen molar-refractivity contribution in [1.82, 2.24) is 0 Å². The van der Waals surface area contributed by atoms with Crippen molar-refractivity contribution in [3.63, 3.8) is 0 Å². The molecule has 0 amide bonds. The number of phenolic OH excluding ortho intramolecular Hbond substituents is 2. The first-order valence-corrected chi connectivity index (χ1v) is 13.3. The molecule has 15 heteroatoms. The molecule has 0 aliphatic carbocycles. The molecule has 3 heterocycles. The van der Waals surface area contributed by atoms with Crippen molar-refractivity contribution >= 4 is 11.0 Å². The van der Waals surface area contributed by atoms with Gasteiger partial charge in [0.15, 0.2) is 23.2 Å². The van der Waals surface area contributed by atoms with Crippen molar-refractivity contribution in [3.8, 4) is 34.3 Å². The highest BCUT2D eigenvalue weighted by Gasteiger charge is 2.47. The zero-order chi connectivity index (χ0) is 31.2. The van der Waals surface area contributed by atoms with E-state index in [4.69, 9.17) is 28.1 Å². The predicted molar refractivity (Wildman–Crippen MR) is 143 cm³/mol. The van der Waals surface area contributed by atoms with E-state index < -0.39 is 79.2 Å². The van der Waals surface area contributed by atoms with Crippen molar-refractivity contribution in [2.24, 2.45) is 0 Å². The van der Waals surface area contributed by atoms with E-state index >= 15 is 0 Å². The van der Waals surface area contributed by atoms with E-state index in [-0.39, 0.29) is 34.0 Å². The number of benzene rings is 2. The number of aliphatic hydroxyl groups is 6. The van der Waals surface area contributed by atoms with E-state index in [0.717, 1.165) is 12.1 Å². The van der Waals surface area contributed by atoms with Crippen LogP contribution in [0.15, 0.2) is 45.6 Å². The lowest BCUT2D eigenvalue weighted by molar-refractivity contribution is -0.318. The van der Waals surface area contributed by atoms with Gasteiger partial charge in [-0.05, 0) is 25.1 Å². The fraction of sp³-hybridized carbons (Fsp3) is 0.464. The topological polar surface area (TPSA) is 238 Å². The molecule has 10 atom stereocenters. The Kier molecular flexibility index (Phi) is 8.80. The maximum absolute atomic E-state index is 12.8. The molecular weight excluding hydrogens is 576 g/mol. The molecular formula is C28H32O15. The highest BCUT2D eigenvalue weighted by atomic mass is 16.7. The van der Waals surface area contributed by atoms with Crippen LogP contribution in [0, 0.1) is 0 Å². The van der Waals surface area contributed by atoms with Crippen molar-refractivity contribution in [1.29, 1.82) is 0 Å². The second kappa shape index (κ2) is 12.2. The van der Waals surface area contributed by atoms with Gasteiger partial charge in [-0.2, -0.15) is 0 Å². The molecule has 234 valence electrons. The second-order valence-electron chi connectivity index (χ2n) is 10.3. The van der Waals surface area contributed by atoms with Crippen molar-refractivity contribution in [3.05, 3.63) is 46.6 Å². The summed E-state index contributed by atoms with van der Waals surface area (Å²) in [7, 11) is 1.36. The van der Waals surface area contributed by atoms with Crippen LogP contribution in [0.4, 0.5) is 0 Å². The largest absolute Gasteiger partial charge is 0.507 e. The minimum Gasteiger partial charge on any atom is -0.507 e. The van der Waals surface area contributed by atoms with Crippen LogP contribution < -0.4 is 14.9 Å². The summed E-state index contributed by atoms with van der Waals surface area (Å²) in [5.41, 5.74) is -0.307. The molecule has 10 unspecified atom stereocenters. The lowest BCUT2D eigenvalue weighted by atomic mass is 9.98. The number of aromatic hydroxyl groups is 2. The number of ether oxygens (including phenoxy) is 5. The first kappa shape index (κ1) is 30.9. The van der Waals surface area contributed by atoms with Crippen molar-refractivity contribution in [2.75, 3.05) is 13.7 Å². The van der Waals surface area contributed by atoms with Gasteiger partial charge in [-0.3, -0.25) is 4.79 Å². The Morgan fingerprint density at radius 1 is 0.791 bits per heavy atom. The Bertz CT molecular complexity index is 1510.